The molecule has 2 atom stereocenters. The van der Waals surface area contributed by atoms with E-state index in [4.69, 9.17) is 10.5 Å². The summed E-state index contributed by atoms with van der Waals surface area (Å²) in [5, 5.41) is 4.83. The van der Waals surface area contributed by atoms with Crippen LogP contribution in [0.3, 0.4) is 0 Å². The van der Waals surface area contributed by atoms with Crippen LogP contribution in [-0.4, -0.2) is 30.1 Å². The summed E-state index contributed by atoms with van der Waals surface area (Å²) in [6.07, 6.45) is -0.968. The number of halogens is 1. The number of amides is 3. The monoisotopic (exact) mass is 373 g/mol. The van der Waals surface area contributed by atoms with Gasteiger partial charge in [0.25, 0.3) is 5.91 Å². The van der Waals surface area contributed by atoms with Crippen LogP contribution in [0.4, 0.5) is 14.9 Å². The topological polar surface area (TPSA) is 111 Å². The second-order valence-corrected chi connectivity index (χ2v) is 5.83. The first-order chi connectivity index (χ1) is 12.8. The average Bonchev–Trinajstić information content (AvgIpc) is 2.63. The van der Waals surface area contributed by atoms with Crippen LogP contribution < -0.4 is 16.4 Å². The standard InChI is InChI=1S/C19H20FN3O4/c1-12(17(24)22-15-9-7-14(20)8-10-15)27-18(25)16(23-19(21)26)11-13-5-3-2-4-6-13/h2-10,12,16H,11H2,1H3,(H,22,24)(H3,21,23,26)/t12-,16+/m1/s1. The minimum Gasteiger partial charge on any atom is -0.451 e. The molecule has 7 nitrogen and oxygen atoms in total. The molecule has 2 aromatic carbocycles. The summed E-state index contributed by atoms with van der Waals surface area (Å²) in [6.45, 7) is 1.39. The van der Waals surface area contributed by atoms with Crippen LogP contribution >= 0.6 is 0 Å². The van der Waals surface area contributed by atoms with Gasteiger partial charge in [-0.15, -0.1) is 0 Å². The van der Waals surface area contributed by atoms with Crippen molar-refractivity contribution in [3.8, 4) is 0 Å². The third-order valence-electron chi connectivity index (χ3n) is 3.66. The number of primary amides is 1. The van der Waals surface area contributed by atoms with Gasteiger partial charge in [0.15, 0.2) is 6.10 Å². The molecule has 0 heterocycles. The number of carbonyl (C=O) groups is 3. The van der Waals surface area contributed by atoms with E-state index in [1.807, 2.05) is 6.07 Å². The van der Waals surface area contributed by atoms with Crippen LogP contribution in [0, 0.1) is 5.82 Å². The SMILES string of the molecule is C[C@@H](OC(=O)[C@H](Cc1ccccc1)NC(N)=O)C(=O)Nc1ccc(F)cc1. The van der Waals surface area contributed by atoms with E-state index < -0.39 is 35.9 Å². The van der Waals surface area contributed by atoms with E-state index in [0.29, 0.717) is 5.69 Å². The van der Waals surface area contributed by atoms with E-state index in [1.165, 1.54) is 31.2 Å². The van der Waals surface area contributed by atoms with Gasteiger partial charge < -0.3 is 21.1 Å². The van der Waals surface area contributed by atoms with Gasteiger partial charge in [-0.1, -0.05) is 30.3 Å². The molecular weight excluding hydrogens is 353 g/mol. The van der Waals surface area contributed by atoms with E-state index in [1.54, 1.807) is 24.3 Å². The summed E-state index contributed by atoms with van der Waals surface area (Å²) in [7, 11) is 0. The highest BCUT2D eigenvalue weighted by atomic mass is 19.1. The zero-order chi connectivity index (χ0) is 19.8. The van der Waals surface area contributed by atoms with Crippen molar-refractivity contribution in [2.75, 3.05) is 5.32 Å². The van der Waals surface area contributed by atoms with E-state index in [9.17, 15) is 18.8 Å². The molecule has 0 aliphatic rings. The fourth-order valence-corrected chi connectivity index (χ4v) is 2.30. The van der Waals surface area contributed by atoms with Gasteiger partial charge in [0.1, 0.15) is 11.9 Å². The van der Waals surface area contributed by atoms with Crippen molar-refractivity contribution in [2.24, 2.45) is 5.73 Å². The molecule has 4 N–H and O–H groups in total. The maximum absolute atomic E-state index is 12.9. The molecule has 0 spiro atoms. The van der Waals surface area contributed by atoms with Crippen molar-refractivity contribution in [2.45, 2.75) is 25.5 Å². The lowest BCUT2D eigenvalue weighted by molar-refractivity contribution is -0.155. The molecule has 2 rings (SSSR count). The molecule has 2 aromatic rings. The van der Waals surface area contributed by atoms with Crippen molar-refractivity contribution in [1.82, 2.24) is 5.32 Å². The number of hydrogen-bond acceptors (Lipinski definition) is 4. The summed E-state index contributed by atoms with van der Waals surface area (Å²) in [5.74, 6) is -1.82. The van der Waals surface area contributed by atoms with Crippen molar-refractivity contribution in [3.63, 3.8) is 0 Å². The zero-order valence-electron chi connectivity index (χ0n) is 14.6. The molecule has 0 aromatic heterocycles. The van der Waals surface area contributed by atoms with Gasteiger partial charge in [-0.05, 0) is 36.8 Å². The van der Waals surface area contributed by atoms with Crippen LogP contribution in [0.1, 0.15) is 12.5 Å². The van der Waals surface area contributed by atoms with Crippen LogP contribution in [-0.2, 0) is 20.7 Å². The lowest BCUT2D eigenvalue weighted by Gasteiger charge is -2.19. The molecule has 3 amide bonds. The average molecular weight is 373 g/mol. The Morgan fingerprint density at radius 1 is 1.07 bits per heavy atom. The first-order valence-electron chi connectivity index (χ1n) is 8.22. The third kappa shape index (κ3) is 6.43. The number of hydrogen-bond donors (Lipinski definition) is 3. The summed E-state index contributed by atoms with van der Waals surface area (Å²) in [5.41, 5.74) is 6.27. The first-order valence-corrected chi connectivity index (χ1v) is 8.22. The molecule has 0 aliphatic carbocycles. The van der Waals surface area contributed by atoms with Gasteiger partial charge in [-0.3, -0.25) is 4.79 Å². The lowest BCUT2D eigenvalue weighted by atomic mass is 10.1. The normalized spacial score (nSPS) is 12.5. The number of urea groups is 1. The first kappa shape index (κ1) is 19.9. The number of anilines is 1. The number of esters is 1. The summed E-state index contributed by atoms with van der Waals surface area (Å²) >= 11 is 0. The molecule has 8 heteroatoms. The summed E-state index contributed by atoms with van der Waals surface area (Å²) < 4.78 is 18.0. The van der Waals surface area contributed by atoms with Gasteiger partial charge in [-0.2, -0.15) is 0 Å². The van der Waals surface area contributed by atoms with Crippen molar-refractivity contribution in [1.29, 1.82) is 0 Å². The van der Waals surface area contributed by atoms with Crippen LogP contribution in [0.2, 0.25) is 0 Å². The summed E-state index contributed by atoms with van der Waals surface area (Å²) in [6, 6.07) is 12.2. The van der Waals surface area contributed by atoms with E-state index in [-0.39, 0.29) is 6.42 Å². The Kier molecular flexibility index (Phi) is 6.87. The molecule has 142 valence electrons. The number of nitrogens with two attached hydrogens (primary N) is 1. The fourth-order valence-electron chi connectivity index (χ4n) is 2.30. The number of rotatable bonds is 7. The molecular formula is C19H20FN3O4. The quantitative estimate of drug-likeness (QED) is 0.645. The Morgan fingerprint density at radius 2 is 1.70 bits per heavy atom. The molecule has 0 unspecified atom stereocenters. The number of ether oxygens (including phenoxy) is 1. The Bertz CT molecular complexity index is 796. The van der Waals surface area contributed by atoms with Gasteiger partial charge in [0, 0.05) is 12.1 Å². The van der Waals surface area contributed by atoms with Crippen molar-refractivity contribution >= 4 is 23.6 Å². The minimum absolute atomic E-state index is 0.162. The highest BCUT2D eigenvalue weighted by Crippen LogP contribution is 2.10. The zero-order valence-corrected chi connectivity index (χ0v) is 14.6. The van der Waals surface area contributed by atoms with Crippen LogP contribution in [0.15, 0.2) is 54.6 Å². The number of carbonyl (C=O) groups excluding carboxylic acids is 3. The predicted octanol–water partition coefficient (Wildman–Crippen LogP) is 1.98. The Balaban J connectivity index is 1.98. The van der Waals surface area contributed by atoms with Crippen LogP contribution in [0.25, 0.3) is 0 Å². The maximum atomic E-state index is 12.9. The van der Waals surface area contributed by atoms with Gasteiger partial charge in [-0.25, -0.2) is 14.0 Å². The predicted molar refractivity (Wildman–Crippen MR) is 97.2 cm³/mol. The summed E-state index contributed by atoms with van der Waals surface area (Å²) in [4.78, 5) is 35.7. The number of nitrogens with one attached hydrogen (secondary N) is 2. The van der Waals surface area contributed by atoms with Crippen LogP contribution in [0.5, 0.6) is 0 Å². The molecule has 0 bridgehead atoms. The van der Waals surface area contributed by atoms with Gasteiger partial charge in [0.05, 0.1) is 0 Å². The van der Waals surface area contributed by atoms with E-state index in [0.717, 1.165) is 5.56 Å². The smallest absolute Gasteiger partial charge is 0.329 e. The largest absolute Gasteiger partial charge is 0.451 e. The fraction of sp³-hybridized carbons (Fsp3) is 0.211. The molecule has 0 saturated carbocycles. The second-order valence-electron chi connectivity index (χ2n) is 5.83. The van der Waals surface area contributed by atoms with Gasteiger partial charge >= 0.3 is 12.0 Å². The van der Waals surface area contributed by atoms with Crippen molar-refractivity contribution in [3.05, 3.63) is 66.0 Å². The van der Waals surface area contributed by atoms with Gasteiger partial charge in [0.2, 0.25) is 0 Å². The lowest BCUT2D eigenvalue weighted by Crippen LogP contribution is -2.47. The molecule has 0 saturated heterocycles. The molecule has 0 fully saturated rings. The highest BCUT2D eigenvalue weighted by molar-refractivity contribution is 5.95. The number of benzene rings is 2. The van der Waals surface area contributed by atoms with Crippen molar-refractivity contribution < 1.29 is 23.5 Å². The Labute approximate surface area is 155 Å². The Morgan fingerprint density at radius 3 is 2.30 bits per heavy atom. The minimum atomic E-state index is -1.13. The Hall–Kier alpha value is -3.42. The van der Waals surface area contributed by atoms with E-state index >= 15 is 0 Å². The molecule has 0 aliphatic heterocycles. The third-order valence-corrected chi connectivity index (χ3v) is 3.66. The molecule has 27 heavy (non-hydrogen) atoms. The molecule has 0 radical (unpaired) electrons. The highest BCUT2D eigenvalue weighted by Gasteiger charge is 2.26. The maximum Gasteiger partial charge on any atom is 0.329 e. The van der Waals surface area contributed by atoms with E-state index in [2.05, 4.69) is 10.6 Å². The second kappa shape index (κ2) is 9.33.